The molecule has 0 unspecified atom stereocenters. The Morgan fingerprint density at radius 1 is 1.07 bits per heavy atom. The minimum absolute atomic E-state index is 0.0408. The van der Waals surface area contributed by atoms with E-state index in [1.165, 1.54) is 18.2 Å². The molecule has 0 aliphatic heterocycles. The van der Waals surface area contributed by atoms with Gasteiger partial charge in [-0.2, -0.15) is 8.42 Å². The van der Waals surface area contributed by atoms with Crippen LogP contribution in [0.3, 0.4) is 0 Å². The molecule has 0 bridgehead atoms. The summed E-state index contributed by atoms with van der Waals surface area (Å²) in [5, 5.41) is 7.96. The molecule has 8 nitrogen and oxygen atoms in total. The third-order valence-corrected chi connectivity index (χ3v) is 5.18. The summed E-state index contributed by atoms with van der Waals surface area (Å²) in [6, 6.07) is 14.8. The zero-order chi connectivity index (χ0) is 20.9. The second-order valence-electron chi connectivity index (χ2n) is 6.68. The minimum atomic E-state index is -4.30. The molecule has 0 radical (unpaired) electrons. The van der Waals surface area contributed by atoms with Crippen molar-refractivity contribution in [3.8, 4) is 0 Å². The van der Waals surface area contributed by atoms with Crippen LogP contribution in [0.1, 0.15) is 41.8 Å². The number of rotatable bonds is 9. The zero-order valence-corrected chi connectivity index (χ0v) is 16.4. The van der Waals surface area contributed by atoms with Crippen molar-refractivity contribution < 1.29 is 22.2 Å². The maximum atomic E-state index is 12.2. The number of hydrogen-bond donors (Lipinski definition) is 2. The zero-order valence-electron chi connectivity index (χ0n) is 15.6. The summed E-state index contributed by atoms with van der Waals surface area (Å²) in [7, 11) is -4.30. The topological polar surface area (TPSA) is 136 Å². The van der Waals surface area contributed by atoms with Crippen LogP contribution < -0.4 is 5.73 Å². The first-order chi connectivity index (χ1) is 13.8. The first kappa shape index (κ1) is 20.8. The van der Waals surface area contributed by atoms with E-state index >= 15 is 0 Å². The smallest absolute Gasteiger partial charge is 0.294 e. The molecule has 0 saturated carbocycles. The summed E-state index contributed by atoms with van der Waals surface area (Å²) in [6.07, 6.45) is 1.04. The van der Waals surface area contributed by atoms with Gasteiger partial charge >= 0.3 is 0 Å². The largest absolute Gasteiger partial charge is 0.423 e. The first-order valence-electron chi connectivity index (χ1n) is 9.01. The van der Waals surface area contributed by atoms with Crippen molar-refractivity contribution in [1.29, 1.82) is 0 Å². The number of nitrogens with zero attached hydrogens (tertiary/aromatic N) is 2. The van der Waals surface area contributed by atoms with Gasteiger partial charge in [0.1, 0.15) is 5.78 Å². The molecule has 29 heavy (non-hydrogen) atoms. The molecule has 0 aliphatic rings. The summed E-state index contributed by atoms with van der Waals surface area (Å²) in [5.74, 6) is 0.615. The van der Waals surface area contributed by atoms with Gasteiger partial charge in [0.25, 0.3) is 10.1 Å². The summed E-state index contributed by atoms with van der Waals surface area (Å²) < 4.78 is 37.1. The van der Waals surface area contributed by atoms with Crippen molar-refractivity contribution in [2.45, 2.75) is 36.6 Å². The molecule has 9 heteroatoms. The Morgan fingerprint density at radius 3 is 2.52 bits per heavy atom. The van der Waals surface area contributed by atoms with Crippen LogP contribution in [0.4, 0.5) is 0 Å². The number of nitrogens with two attached hydrogens (primary N) is 1. The van der Waals surface area contributed by atoms with Gasteiger partial charge in [-0.15, -0.1) is 10.2 Å². The number of benzene rings is 2. The van der Waals surface area contributed by atoms with Crippen LogP contribution in [-0.4, -0.2) is 29.0 Å². The second-order valence-corrected chi connectivity index (χ2v) is 8.10. The first-order valence-corrected chi connectivity index (χ1v) is 10.4. The Hall–Kier alpha value is -2.88. The molecule has 1 aromatic heterocycles. The fraction of sp³-hybridized carbons (Fsp3) is 0.250. The molecule has 0 amide bonds. The van der Waals surface area contributed by atoms with Gasteiger partial charge in [-0.05, 0) is 29.7 Å². The van der Waals surface area contributed by atoms with E-state index in [4.69, 9.17) is 14.7 Å². The van der Waals surface area contributed by atoms with Crippen molar-refractivity contribution in [2.75, 3.05) is 0 Å². The predicted octanol–water partition coefficient (Wildman–Crippen LogP) is 2.50. The van der Waals surface area contributed by atoms with E-state index < -0.39 is 16.2 Å². The quantitative estimate of drug-likeness (QED) is 0.509. The molecular formula is C20H21N3O5S. The van der Waals surface area contributed by atoms with Crippen molar-refractivity contribution in [3.63, 3.8) is 0 Å². The van der Waals surface area contributed by atoms with Gasteiger partial charge in [0.05, 0.1) is 17.4 Å². The number of carbonyl (C=O) groups is 1. The highest BCUT2D eigenvalue weighted by Gasteiger charge is 2.17. The van der Waals surface area contributed by atoms with Crippen LogP contribution in [0.2, 0.25) is 0 Å². The highest BCUT2D eigenvalue weighted by Crippen LogP contribution is 2.18. The van der Waals surface area contributed by atoms with E-state index in [0.29, 0.717) is 24.3 Å². The van der Waals surface area contributed by atoms with E-state index in [1.807, 2.05) is 30.3 Å². The molecule has 0 spiro atoms. The highest BCUT2D eigenvalue weighted by atomic mass is 32.2. The van der Waals surface area contributed by atoms with Crippen LogP contribution in [0.5, 0.6) is 0 Å². The summed E-state index contributed by atoms with van der Waals surface area (Å²) >= 11 is 0. The predicted molar refractivity (Wildman–Crippen MR) is 105 cm³/mol. The fourth-order valence-corrected chi connectivity index (χ4v) is 3.38. The molecular weight excluding hydrogens is 394 g/mol. The average Bonchev–Trinajstić information content (AvgIpc) is 3.15. The van der Waals surface area contributed by atoms with Gasteiger partial charge in [-0.1, -0.05) is 42.5 Å². The maximum absolute atomic E-state index is 12.2. The van der Waals surface area contributed by atoms with Crippen LogP contribution >= 0.6 is 0 Å². The molecule has 3 aromatic rings. The SMILES string of the molecule is N[C@@H](CCC(=O)Cc1cccc(S(=O)(=O)O)c1)c1nnc(Cc2ccccc2)o1. The van der Waals surface area contributed by atoms with Crippen LogP contribution in [-0.2, 0) is 27.8 Å². The van der Waals surface area contributed by atoms with Crippen molar-refractivity contribution in [3.05, 3.63) is 77.5 Å². The van der Waals surface area contributed by atoms with Gasteiger partial charge in [-0.3, -0.25) is 9.35 Å². The summed E-state index contributed by atoms with van der Waals surface area (Å²) in [6.45, 7) is 0. The number of hydrogen-bond acceptors (Lipinski definition) is 7. The summed E-state index contributed by atoms with van der Waals surface area (Å²) in [4.78, 5) is 12.0. The second kappa shape index (κ2) is 9.08. The van der Waals surface area contributed by atoms with E-state index in [1.54, 1.807) is 6.07 Å². The fourth-order valence-electron chi connectivity index (χ4n) is 2.83. The van der Waals surface area contributed by atoms with Gasteiger partial charge in [0, 0.05) is 12.8 Å². The van der Waals surface area contributed by atoms with Crippen molar-refractivity contribution in [1.82, 2.24) is 10.2 Å². The molecule has 2 aromatic carbocycles. The maximum Gasteiger partial charge on any atom is 0.294 e. The number of carbonyl (C=O) groups excluding carboxylic acids is 1. The van der Waals surface area contributed by atoms with E-state index in [-0.39, 0.29) is 29.4 Å². The molecule has 0 fully saturated rings. The third-order valence-electron chi connectivity index (χ3n) is 4.33. The average molecular weight is 415 g/mol. The normalized spacial score (nSPS) is 12.6. The van der Waals surface area contributed by atoms with Gasteiger partial charge in [-0.25, -0.2) is 0 Å². The van der Waals surface area contributed by atoms with Crippen molar-refractivity contribution >= 4 is 15.9 Å². The molecule has 152 valence electrons. The molecule has 0 saturated heterocycles. The number of aromatic nitrogens is 2. The lowest BCUT2D eigenvalue weighted by molar-refractivity contribution is -0.118. The Morgan fingerprint density at radius 2 is 1.79 bits per heavy atom. The minimum Gasteiger partial charge on any atom is -0.423 e. The van der Waals surface area contributed by atoms with Gasteiger partial charge in [0.15, 0.2) is 0 Å². The monoisotopic (exact) mass is 415 g/mol. The van der Waals surface area contributed by atoms with Crippen molar-refractivity contribution in [2.24, 2.45) is 5.73 Å². The Labute approximate surface area is 168 Å². The number of Topliss-reactive ketones (excluding diaryl/α,β-unsaturated/α-hetero) is 1. The number of ketones is 1. The van der Waals surface area contributed by atoms with E-state index in [0.717, 1.165) is 5.56 Å². The molecule has 1 atom stereocenters. The van der Waals surface area contributed by atoms with E-state index in [2.05, 4.69) is 10.2 Å². The van der Waals surface area contributed by atoms with Crippen LogP contribution in [0, 0.1) is 0 Å². The standard InChI is InChI=1S/C20H21N3O5S/c21-18(20-23-22-19(28-20)13-14-5-2-1-3-6-14)10-9-16(24)11-15-7-4-8-17(12-15)29(25,26)27/h1-8,12,18H,9-11,13,21H2,(H,25,26,27)/t18-/m0/s1. The Bertz CT molecular complexity index is 1080. The summed E-state index contributed by atoms with van der Waals surface area (Å²) in [5.41, 5.74) is 7.61. The molecule has 3 N–H and O–H groups in total. The molecule has 0 aliphatic carbocycles. The van der Waals surface area contributed by atoms with Crippen LogP contribution in [0.25, 0.3) is 0 Å². The lowest BCUT2D eigenvalue weighted by atomic mass is 10.0. The van der Waals surface area contributed by atoms with Crippen LogP contribution in [0.15, 0.2) is 63.9 Å². The third kappa shape index (κ3) is 6.05. The lowest BCUT2D eigenvalue weighted by Gasteiger charge is -2.07. The van der Waals surface area contributed by atoms with Gasteiger partial charge < -0.3 is 10.2 Å². The van der Waals surface area contributed by atoms with Gasteiger partial charge in [0.2, 0.25) is 11.8 Å². The highest BCUT2D eigenvalue weighted by molar-refractivity contribution is 7.85. The molecule has 3 rings (SSSR count). The Balaban J connectivity index is 1.53. The van der Waals surface area contributed by atoms with E-state index in [9.17, 15) is 13.2 Å². The lowest BCUT2D eigenvalue weighted by Crippen LogP contribution is -2.14. The molecule has 1 heterocycles. The Kier molecular flexibility index (Phi) is 6.53.